The number of carbonyl (C=O) groups is 3. The van der Waals surface area contributed by atoms with Gasteiger partial charge in [0.1, 0.15) is 6.10 Å². The highest BCUT2D eigenvalue weighted by molar-refractivity contribution is 5.90. The highest BCUT2D eigenvalue weighted by atomic mass is 16.5. The Bertz CT molecular complexity index is 778. The second-order valence-electron chi connectivity index (χ2n) is 7.91. The number of hydrogen-bond acceptors (Lipinski definition) is 5. The summed E-state index contributed by atoms with van der Waals surface area (Å²) in [5, 5.41) is 0. The molecule has 0 N–H and O–H groups in total. The van der Waals surface area contributed by atoms with E-state index in [0.29, 0.717) is 24.8 Å². The number of ether oxygens (including phenoxy) is 2. The first-order chi connectivity index (χ1) is 15.0. The summed E-state index contributed by atoms with van der Waals surface area (Å²) in [6, 6.07) is 9.02. The molecular formula is C26H34O5. The molecule has 0 amide bonds. The maximum absolute atomic E-state index is 12.4. The van der Waals surface area contributed by atoms with E-state index < -0.39 is 0 Å². The Morgan fingerprint density at radius 3 is 2.35 bits per heavy atom. The standard InChI is InChI=1S/C26H34O5/c1-3-23-20(17-19-24(23)31-26(29)21-12-8-7-9-13-21)16-18-22(27)14-10-5-4-6-11-15-25(28)30-2/h7-9,12-13,16-18,23-24H,3-6,10-11,14-15,19H2,1-2H3/b18-16+/t23-,24-/m1/s1. The zero-order chi connectivity index (χ0) is 22.5. The van der Waals surface area contributed by atoms with Crippen LogP contribution in [0, 0.1) is 5.92 Å². The summed E-state index contributed by atoms with van der Waals surface area (Å²) in [5.74, 6) is -0.226. The monoisotopic (exact) mass is 426 g/mol. The first kappa shape index (κ1) is 24.6. The lowest BCUT2D eigenvalue weighted by Gasteiger charge is -2.21. The van der Waals surface area contributed by atoms with Gasteiger partial charge in [0.25, 0.3) is 0 Å². The SMILES string of the molecule is CC[C@@H]1C(/C=C/C(=O)CCCCCCCC(=O)OC)=CC[C@H]1OC(=O)c1ccccc1. The molecule has 5 nitrogen and oxygen atoms in total. The molecule has 0 saturated heterocycles. The predicted molar refractivity (Wildman–Crippen MR) is 121 cm³/mol. The third-order valence-corrected chi connectivity index (χ3v) is 5.66. The summed E-state index contributed by atoms with van der Waals surface area (Å²) in [5.41, 5.74) is 1.63. The van der Waals surface area contributed by atoms with Gasteiger partial charge in [-0.15, -0.1) is 0 Å². The Hall–Kier alpha value is -2.69. The predicted octanol–water partition coefficient (Wildman–Crippen LogP) is 5.60. The van der Waals surface area contributed by atoms with Crippen molar-refractivity contribution in [2.24, 2.45) is 5.92 Å². The molecular weight excluding hydrogens is 392 g/mol. The van der Waals surface area contributed by atoms with Crippen molar-refractivity contribution < 1.29 is 23.9 Å². The Balaban J connectivity index is 1.69. The zero-order valence-corrected chi connectivity index (χ0v) is 18.7. The van der Waals surface area contributed by atoms with E-state index in [1.54, 1.807) is 18.2 Å². The minimum absolute atomic E-state index is 0.117. The van der Waals surface area contributed by atoms with Gasteiger partial charge in [-0.2, -0.15) is 0 Å². The normalized spacial score (nSPS) is 18.1. The molecule has 0 saturated carbocycles. The minimum Gasteiger partial charge on any atom is -0.469 e. The Kier molecular flexibility index (Phi) is 10.8. The lowest BCUT2D eigenvalue weighted by Crippen LogP contribution is -2.23. The number of rotatable bonds is 13. The van der Waals surface area contributed by atoms with Crippen LogP contribution in [0.15, 0.2) is 54.1 Å². The van der Waals surface area contributed by atoms with Crippen molar-refractivity contribution in [1.82, 2.24) is 0 Å². The summed E-state index contributed by atoms with van der Waals surface area (Å²) in [7, 11) is 1.41. The van der Waals surface area contributed by atoms with E-state index in [0.717, 1.165) is 44.1 Å². The van der Waals surface area contributed by atoms with Crippen LogP contribution in [0.25, 0.3) is 0 Å². The van der Waals surface area contributed by atoms with Crippen LogP contribution in [0.5, 0.6) is 0 Å². The van der Waals surface area contributed by atoms with Crippen molar-refractivity contribution in [1.29, 1.82) is 0 Å². The maximum Gasteiger partial charge on any atom is 0.338 e. The number of carbonyl (C=O) groups excluding carboxylic acids is 3. The molecule has 0 radical (unpaired) electrons. The Morgan fingerprint density at radius 1 is 1.00 bits per heavy atom. The fourth-order valence-electron chi connectivity index (χ4n) is 3.86. The van der Waals surface area contributed by atoms with E-state index >= 15 is 0 Å². The Morgan fingerprint density at radius 2 is 1.68 bits per heavy atom. The molecule has 0 heterocycles. The largest absolute Gasteiger partial charge is 0.469 e. The number of ketones is 1. The van der Waals surface area contributed by atoms with Crippen LogP contribution >= 0.6 is 0 Å². The van der Waals surface area contributed by atoms with E-state index in [4.69, 9.17) is 4.74 Å². The molecule has 2 rings (SSSR count). The number of unbranched alkanes of at least 4 members (excludes halogenated alkanes) is 4. The summed E-state index contributed by atoms with van der Waals surface area (Å²) in [4.78, 5) is 35.6. The molecule has 31 heavy (non-hydrogen) atoms. The van der Waals surface area contributed by atoms with Crippen molar-refractivity contribution in [2.75, 3.05) is 7.11 Å². The van der Waals surface area contributed by atoms with Gasteiger partial charge < -0.3 is 9.47 Å². The van der Waals surface area contributed by atoms with Gasteiger partial charge in [-0.1, -0.05) is 56.5 Å². The van der Waals surface area contributed by atoms with Crippen LogP contribution in [0.4, 0.5) is 0 Å². The highest BCUT2D eigenvalue weighted by Crippen LogP contribution is 2.32. The molecule has 0 unspecified atom stereocenters. The molecule has 2 atom stereocenters. The number of allylic oxidation sites excluding steroid dienone is 2. The summed E-state index contributed by atoms with van der Waals surface area (Å²) in [6.45, 7) is 2.07. The molecule has 5 heteroatoms. The molecule has 1 aromatic carbocycles. The van der Waals surface area contributed by atoms with Gasteiger partial charge in [-0.3, -0.25) is 9.59 Å². The smallest absolute Gasteiger partial charge is 0.338 e. The number of methoxy groups -OCH3 is 1. The van der Waals surface area contributed by atoms with Crippen LogP contribution in [0.2, 0.25) is 0 Å². The first-order valence-corrected chi connectivity index (χ1v) is 11.3. The van der Waals surface area contributed by atoms with Gasteiger partial charge in [-0.25, -0.2) is 4.79 Å². The van der Waals surface area contributed by atoms with Crippen LogP contribution in [-0.2, 0) is 19.1 Å². The summed E-state index contributed by atoms with van der Waals surface area (Å²) >= 11 is 0. The summed E-state index contributed by atoms with van der Waals surface area (Å²) in [6.07, 6.45) is 12.6. The molecule has 0 spiro atoms. The number of hydrogen-bond donors (Lipinski definition) is 0. The van der Waals surface area contributed by atoms with Gasteiger partial charge in [0.15, 0.2) is 5.78 Å². The summed E-state index contributed by atoms with van der Waals surface area (Å²) < 4.78 is 10.4. The van der Waals surface area contributed by atoms with Crippen LogP contribution in [0.1, 0.15) is 75.1 Å². The highest BCUT2D eigenvalue weighted by Gasteiger charge is 2.30. The lowest BCUT2D eigenvalue weighted by atomic mass is 9.95. The first-order valence-electron chi connectivity index (χ1n) is 11.3. The van der Waals surface area contributed by atoms with Gasteiger partial charge in [0.2, 0.25) is 0 Å². The van der Waals surface area contributed by atoms with Crippen LogP contribution in [0.3, 0.4) is 0 Å². The van der Waals surface area contributed by atoms with Gasteiger partial charge in [0, 0.05) is 25.2 Å². The fourth-order valence-corrected chi connectivity index (χ4v) is 3.86. The van der Waals surface area contributed by atoms with E-state index in [9.17, 15) is 14.4 Å². The maximum atomic E-state index is 12.4. The molecule has 0 bridgehead atoms. The average Bonchev–Trinajstić information content (AvgIpc) is 3.18. The van der Waals surface area contributed by atoms with E-state index in [1.807, 2.05) is 24.3 Å². The fraction of sp³-hybridized carbons (Fsp3) is 0.500. The molecule has 0 aromatic heterocycles. The third kappa shape index (κ3) is 8.52. The number of benzene rings is 1. The zero-order valence-electron chi connectivity index (χ0n) is 18.7. The van der Waals surface area contributed by atoms with Crippen molar-refractivity contribution in [3.8, 4) is 0 Å². The quantitative estimate of drug-likeness (QED) is 0.233. The molecule has 1 aromatic rings. The van der Waals surface area contributed by atoms with Crippen LogP contribution < -0.4 is 0 Å². The lowest BCUT2D eigenvalue weighted by molar-refractivity contribution is -0.140. The molecule has 168 valence electrons. The van der Waals surface area contributed by atoms with E-state index in [-0.39, 0.29) is 29.7 Å². The molecule has 0 fully saturated rings. The van der Waals surface area contributed by atoms with Crippen molar-refractivity contribution >= 4 is 17.7 Å². The average molecular weight is 427 g/mol. The number of esters is 2. The van der Waals surface area contributed by atoms with E-state index in [1.165, 1.54) is 7.11 Å². The topological polar surface area (TPSA) is 69.7 Å². The van der Waals surface area contributed by atoms with Crippen molar-refractivity contribution in [3.05, 3.63) is 59.7 Å². The van der Waals surface area contributed by atoms with Gasteiger partial charge in [-0.05, 0) is 43.0 Å². The molecule has 1 aliphatic carbocycles. The minimum atomic E-state index is -0.301. The van der Waals surface area contributed by atoms with E-state index in [2.05, 4.69) is 17.7 Å². The molecule has 1 aliphatic rings. The molecule has 0 aliphatic heterocycles. The van der Waals surface area contributed by atoms with Crippen LogP contribution in [-0.4, -0.2) is 30.9 Å². The van der Waals surface area contributed by atoms with Gasteiger partial charge in [0.05, 0.1) is 12.7 Å². The second kappa shape index (κ2) is 13.6. The second-order valence-corrected chi connectivity index (χ2v) is 7.91. The van der Waals surface area contributed by atoms with Crippen molar-refractivity contribution in [2.45, 2.75) is 70.8 Å². The Labute approximate surface area is 185 Å². The van der Waals surface area contributed by atoms with Gasteiger partial charge >= 0.3 is 11.9 Å². The van der Waals surface area contributed by atoms with Crippen molar-refractivity contribution in [3.63, 3.8) is 0 Å². The third-order valence-electron chi connectivity index (χ3n) is 5.66.